The van der Waals surface area contributed by atoms with Gasteiger partial charge in [-0.05, 0) is 40.5 Å². The first kappa shape index (κ1) is 18.6. The highest BCUT2D eigenvalue weighted by Gasteiger charge is 2.10. The molecule has 0 atom stereocenters. The van der Waals surface area contributed by atoms with Crippen LogP contribution in [0.25, 0.3) is 10.8 Å². The Hall–Kier alpha value is -3.14. The van der Waals surface area contributed by atoms with Crippen LogP contribution in [0.2, 0.25) is 0 Å². The Labute approximate surface area is 159 Å². The van der Waals surface area contributed by atoms with Crippen molar-refractivity contribution < 1.29 is 9.59 Å². The molecule has 27 heavy (non-hydrogen) atoms. The number of nitrogens with one attached hydrogen (secondary N) is 2. The molecule has 4 heteroatoms. The van der Waals surface area contributed by atoms with Crippen molar-refractivity contribution in [2.45, 2.75) is 19.8 Å². The molecule has 2 amide bonds. The Morgan fingerprint density at radius 1 is 0.778 bits per heavy atom. The van der Waals surface area contributed by atoms with E-state index in [4.69, 9.17) is 0 Å². The van der Waals surface area contributed by atoms with Gasteiger partial charge >= 0.3 is 0 Å². The molecule has 0 radical (unpaired) electrons. The molecule has 0 saturated heterocycles. The molecule has 4 nitrogen and oxygen atoms in total. The Morgan fingerprint density at radius 2 is 1.41 bits per heavy atom. The molecule has 2 N–H and O–H groups in total. The van der Waals surface area contributed by atoms with Crippen LogP contribution in [0.5, 0.6) is 0 Å². The maximum absolute atomic E-state index is 12.5. The van der Waals surface area contributed by atoms with Gasteiger partial charge in [-0.15, -0.1) is 0 Å². The molecular formula is C23H24N2O2. The number of amides is 2. The number of fused-ring (bicyclic) bond motifs is 1. The van der Waals surface area contributed by atoms with E-state index in [0.29, 0.717) is 30.1 Å². The fourth-order valence-corrected chi connectivity index (χ4v) is 2.99. The van der Waals surface area contributed by atoms with Crippen molar-refractivity contribution >= 4 is 22.6 Å². The van der Waals surface area contributed by atoms with E-state index in [1.54, 1.807) is 0 Å². The molecule has 0 aromatic heterocycles. The van der Waals surface area contributed by atoms with Gasteiger partial charge in [-0.1, -0.05) is 62.4 Å². The summed E-state index contributed by atoms with van der Waals surface area (Å²) >= 11 is 0. The summed E-state index contributed by atoms with van der Waals surface area (Å²) in [4.78, 5) is 24.6. The highest BCUT2D eigenvalue weighted by Crippen LogP contribution is 2.18. The third-order valence-electron chi connectivity index (χ3n) is 4.57. The number of hydrogen-bond donors (Lipinski definition) is 2. The van der Waals surface area contributed by atoms with E-state index in [0.717, 1.165) is 10.8 Å². The standard InChI is InChI=1S/C23H24N2O2/c1-16(2)17-10-12-19(13-11-17)22(26)24-14-15-25-23(27)21-9-5-7-18-6-3-4-8-20(18)21/h3-13,16H,14-15H2,1-2H3,(H,24,26)(H,25,27). The summed E-state index contributed by atoms with van der Waals surface area (Å²) in [7, 11) is 0. The number of benzene rings is 3. The van der Waals surface area contributed by atoms with Crippen molar-refractivity contribution in [3.63, 3.8) is 0 Å². The monoisotopic (exact) mass is 360 g/mol. The summed E-state index contributed by atoms with van der Waals surface area (Å²) < 4.78 is 0. The second-order valence-corrected chi connectivity index (χ2v) is 6.82. The maximum Gasteiger partial charge on any atom is 0.251 e. The highest BCUT2D eigenvalue weighted by molar-refractivity contribution is 6.07. The first-order valence-corrected chi connectivity index (χ1v) is 9.20. The van der Waals surface area contributed by atoms with Gasteiger partial charge in [0.05, 0.1) is 0 Å². The van der Waals surface area contributed by atoms with Gasteiger partial charge < -0.3 is 10.6 Å². The van der Waals surface area contributed by atoms with E-state index in [1.807, 2.05) is 66.7 Å². The van der Waals surface area contributed by atoms with Crippen LogP contribution >= 0.6 is 0 Å². The van der Waals surface area contributed by atoms with Crippen LogP contribution in [0.1, 0.15) is 46.0 Å². The van der Waals surface area contributed by atoms with Crippen LogP contribution in [-0.2, 0) is 0 Å². The van der Waals surface area contributed by atoms with Crippen LogP contribution in [0, 0.1) is 0 Å². The first-order valence-electron chi connectivity index (χ1n) is 9.20. The quantitative estimate of drug-likeness (QED) is 0.650. The lowest BCUT2D eigenvalue weighted by Gasteiger charge is -2.10. The second kappa shape index (κ2) is 8.49. The minimum absolute atomic E-state index is 0.135. The smallest absolute Gasteiger partial charge is 0.251 e. The largest absolute Gasteiger partial charge is 0.350 e. The molecule has 0 saturated carbocycles. The van der Waals surface area contributed by atoms with Crippen molar-refractivity contribution in [1.29, 1.82) is 0 Å². The average Bonchev–Trinajstić information content (AvgIpc) is 2.70. The van der Waals surface area contributed by atoms with Crippen LogP contribution in [0.15, 0.2) is 66.7 Å². The molecule has 0 bridgehead atoms. The molecule has 0 aliphatic heterocycles. The summed E-state index contributed by atoms with van der Waals surface area (Å²) in [6, 6.07) is 21.1. The minimum Gasteiger partial charge on any atom is -0.350 e. The molecule has 3 aromatic carbocycles. The molecule has 0 spiro atoms. The number of rotatable bonds is 6. The van der Waals surface area contributed by atoms with E-state index in [2.05, 4.69) is 24.5 Å². The van der Waals surface area contributed by atoms with Gasteiger partial charge in [0, 0.05) is 24.2 Å². The summed E-state index contributed by atoms with van der Waals surface area (Å²) in [6.45, 7) is 4.99. The average molecular weight is 360 g/mol. The number of carbonyl (C=O) groups excluding carboxylic acids is 2. The van der Waals surface area contributed by atoms with Gasteiger partial charge in [0.15, 0.2) is 0 Å². The van der Waals surface area contributed by atoms with E-state index >= 15 is 0 Å². The van der Waals surface area contributed by atoms with Crippen molar-refractivity contribution in [1.82, 2.24) is 10.6 Å². The summed E-state index contributed by atoms with van der Waals surface area (Å²) in [5.41, 5.74) is 2.47. The lowest BCUT2D eigenvalue weighted by Crippen LogP contribution is -2.34. The van der Waals surface area contributed by atoms with Crippen LogP contribution in [0.3, 0.4) is 0 Å². The Kier molecular flexibility index (Phi) is 5.87. The number of carbonyl (C=O) groups is 2. The molecule has 0 heterocycles. The zero-order valence-electron chi connectivity index (χ0n) is 15.7. The fourth-order valence-electron chi connectivity index (χ4n) is 2.99. The summed E-state index contributed by atoms with van der Waals surface area (Å²) in [5, 5.41) is 7.66. The Balaban J connectivity index is 1.52. The molecule has 3 aromatic rings. The molecular weight excluding hydrogens is 336 g/mol. The fraction of sp³-hybridized carbons (Fsp3) is 0.217. The lowest BCUT2D eigenvalue weighted by atomic mass is 10.0. The van der Waals surface area contributed by atoms with Crippen molar-refractivity contribution in [2.24, 2.45) is 0 Å². The Bertz CT molecular complexity index is 941. The molecule has 3 rings (SSSR count). The third kappa shape index (κ3) is 4.53. The predicted molar refractivity (Wildman–Crippen MR) is 109 cm³/mol. The SMILES string of the molecule is CC(C)c1ccc(C(=O)NCCNC(=O)c2cccc3ccccc23)cc1. The topological polar surface area (TPSA) is 58.2 Å². The van der Waals surface area contributed by atoms with E-state index in [1.165, 1.54) is 5.56 Å². The molecule has 138 valence electrons. The van der Waals surface area contributed by atoms with E-state index in [9.17, 15) is 9.59 Å². The van der Waals surface area contributed by atoms with Gasteiger partial charge in [0.1, 0.15) is 0 Å². The van der Waals surface area contributed by atoms with E-state index < -0.39 is 0 Å². The normalized spacial score (nSPS) is 10.8. The van der Waals surface area contributed by atoms with Gasteiger partial charge in [-0.25, -0.2) is 0 Å². The first-order chi connectivity index (χ1) is 13.1. The second-order valence-electron chi connectivity index (χ2n) is 6.82. The van der Waals surface area contributed by atoms with Gasteiger partial charge in [0.2, 0.25) is 0 Å². The van der Waals surface area contributed by atoms with Crippen LogP contribution in [0.4, 0.5) is 0 Å². The predicted octanol–water partition coefficient (Wildman–Crippen LogP) is 4.12. The van der Waals surface area contributed by atoms with Crippen LogP contribution in [-0.4, -0.2) is 24.9 Å². The molecule has 0 unspecified atom stereocenters. The van der Waals surface area contributed by atoms with Crippen molar-refractivity contribution in [2.75, 3.05) is 13.1 Å². The number of hydrogen-bond acceptors (Lipinski definition) is 2. The lowest BCUT2D eigenvalue weighted by molar-refractivity contribution is 0.0928. The summed E-state index contributed by atoms with van der Waals surface area (Å²) in [6.07, 6.45) is 0. The maximum atomic E-state index is 12.5. The Morgan fingerprint density at radius 3 is 2.11 bits per heavy atom. The summed E-state index contributed by atoms with van der Waals surface area (Å²) in [5.74, 6) is 0.165. The van der Waals surface area contributed by atoms with Gasteiger partial charge in [0.25, 0.3) is 11.8 Å². The van der Waals surface area contributed by atoms with E-state index in [-0.39, 0.29) is 11.8 Å². The van der Waals surface area contributed by atoms with Crippen molar-refractivity contribution in [3.05, 3.63) is 83.4 Å². The molecule has 0 fully saturated rings. The minimum atomic E-state index is -0.137. The van der Waals surface area contributed by atoms with Gasteiger partial charge in [-0.2, -0.15) is 0 Å². The van der Waals surface area contributed by atoms with Crippen molar-refractivity contribution in [3.8, 4) is 0 Å². The molecule has 0 aliphatic rings. The highest BCUT2D eigenvalue weighted by atomic mass is 16.2. The van der Waals surface area contributed by atoms with Crippen LogP contribution < -0.4 is 10.6 Å². The van der Waals surface area contributed by atoms with Gasteiger partial charge in [-0.3, -0.25) is 9.59 Å². The zero-order chi connectivity index (χ0) is 19.2. The zero-order valence-corrected chi connectivity index (χ0v) is 15.7. The third-order valence-corrected chi connectivity index (χ3v) is 4.57. The molecule has 0 aliphatic carbocycles.